The summed E-state index contributed by atoms with van der Waals surface area (Å²) >= 11 is 0. The average Bonchev–Trinajstić information content (AvgIpc) is 2.64. The van der Waals surface area contributed by atoms with Crippen LogP contribution in [0.3, 0.4) is 0 Å². The Morgan fingerprint density at radius 1 is 1.05 bits per heavy atom. The van der Waals surface area contributed by atoms with E-state index in [0.29, 0.717) is 13.1 Å². The maximum absolute atomic E-state index is 6.17. The van der Waals surface area contributed by atoms with Crippen LogP contribution in [0.25, 0.3) is 0 Å². The van der Waals surface area contributed by atoms with Crippen LogP contribution in [0.2, 0.25) is 0 Å². The fourth-order valence-corrected chi connectivity index (χ4v) is 2.87. The van der Waals surface area contributed by atoms with Crippen molar-refractivity contribution >= 4 is 11.4 Å². The number of nitrogens with zero attached hydrogens (tertiary/aromatic N) is 1. The van der Waals surface area contributed by atoms with Gasteiger partial charge in [-0.2, -0.15) is 0 Å². The van der Waals surface area contributed by atoms with Gasteiger partial charge in [0.25, 0.3) is 0 Å². The molecule has 1 aliphatic heterocycles. The largest absolute Gasteiger partial charge is 0.399 e. The van der Waals surface area contributed by atoms with Gasteiger partial charge in [-0.25, -0.2) is 0 Å². The van der Waals surface area contributed by atoms with Crippen LogP contribution in [-0.4, -0.2) is 37.3 Å². The first kappa shape index (κ1) is 14.1. The highest BCUT2D eigenvalue weighted by Gasteiger charge is 2.44. The van der Waals surface area contributed by atoms with Crippen LogP contribution in [-0.2, 0) is 0 Å². The third kappa shape index (κ3) is 2.28. The molecule has 0 aromatic heterocycles. The summed E-state index contributed by atoms with van der Waals surface area (Å²) in [6.45, 7) is 2.88. The van der Waals surface area contributed by atoms with E-state index in [-0.39, 0.29) is 24.2 Å². The van der Waals surface area contributed by atoms with Gasteiger partial charge in [-0.15, -0.1) is 0 Å². The van der Waals surface area contributed by atoms with Gasteiger partial charge < -0.3 is 33.6 Å². The zero-order chi connectivity index (χ0) is 14.2. The summed E-state index contributed by atoms with van der Waals surface area (Å²) in [4.78, 5) is 2.15. The highest BCUT2D eigenvalue weighted by Crippen LogP contribution is 2.30. The van der Waals surface area contributed by atoms with Gasteiger partial charge in [-0.05, 0) is 30.7 Å². The predicted octanol–water partition coefficient (Wildman–Crippen LogP) is -1.29. The van der Waals surface area contributed by atoms with Crippen molar-refractivity contribution in [3.8, 4) is 0 Å². The van der Waals surface area contributed by atoms with Gasteiger partial charge in [0.05, 0.1) is 12.1 Å². The van der Waals surface area contributed by atoms with Gasteiger partial charge in [0, 0.05) is 36.5 Å². The van der Waals surface area contributed by atoms with E-state index in [9.17, 15) is 0 Å². The number of hydrogen-bond acceptors (Lipinski definition) is 6. The van der Waals surface area contributed by atoms with E-state index in [1.54, 1.807) is 0 Å². The monoisotopic (exact) mass is 264 g/mol. The van der Waals surface area contributed by atoms with Crippen LogP contribution in [0.15, 0.2) is 18.2 Å². The van der Waals surface area contributed by atoms with Crippen LogP contribution < -0.4 is 33.6 Å². The Morgan fingerprint density at radius 3 is 2.00 bits per heavy atom. The standard InChI is InChI=1S/C13H24N6/c1-7-4-8(2-3-9(7)16)19-10(5-14)12(17)13(18)11(19)6-15/h2-4,10-13H,5-6,14-18H2,1H3. The van der Waals surface area contributed by atoms with Gasteiger partial charge in [-0.3, -0.25) is 0 Å². The van der Waals surface area contributed by atoms with Gasteiger partial charge in [0.15, 0.2) is 0 Å². The minimum Gasteiger partial charge on any atom is -0.399 e. The molecule has 0 spiro atoms. The van der Waals surface area contributed by atoms with Crippen molar-refractivity contribution in [2.45, 2.75) is 31.1 Å². The smallest absolute Gasteiger partial charge is 0.0583 e. The molecular formula is C13H24N6. The topological polar surface area (TPSA) is 133 Å². The van der Waals surface area contributed by atoms with E-state index >= 15 is 0 Å². The Morgan fingerprint density at radius 2 is 1.58 bits per heavy atom. The molecule has 1 aliphatic rings. The fraction of sp³-hybridized carbons (Fsp3) is 0.538. The molecule has 2 rings (SSSR count). The molecule has 1 aromatic rings. The molecule has 0 radical (unpaired) electrons. The summed E-state index contributed by atoms with van der Waals surface area (Å²) < 4.78 is 0. The second-order valence-electron chi connectivity index (χ2n) is 5.21. The van der Waals surface area contributed by atoms with Gasteiger partial charge in [0.2, 0.25) is 0 Å². The molecule has 1 fully saturated rings. The first-order valence-corrected chi connectivity index (χ1v) is 6.57. The quantitative estimate of drug-likeness (QED) is 0.431. The molecular weight excluding hydrogens is 240 g/mol. The molecule has 10 N–H and O–H groups in total. The normalized spacial score (nSPS) is 30.9. The Kier molecular flexibility index (Phi) is 3.96. The van der Waals surface area contributed by atoms with E-state index in [1.165, 1.54) is 0 Å². The van der Waals surface area contributed by atoms with Gasteiger partial charge >= 0.3 is 0 Å². The van der Waals surface area contributed by atoms with Crippen LogP contribution in [0, 0.1) is 6.92 Å². The summed E-state index contributed by atoms with van der Waals surface area (Å²) in [7, 11) is 0. The van der Waals surface area contributed by atoms with Gasteiger partial charge in [-0.1, -0.05) is 0 Å². The predicted molar refractivity (Wildman–Crippen MR) is 79.7 cm³/mol. The molecule has 4 unspecified atom stereocenters. The van der Waals surface area contributed by atoms with Crippen LogP contribution in [0.5, 0.6) is 0 Å². The second kappa shape index (κ2) is 5.34. The van der Waals surface area contributed by atoms with Crippen molar-refractivity contribution in [2.75, 3.05) is 23.7 Å². The molecule has 1 aromatic carbocycles. The molecule has 1 saturated heterocycles. The molecule has 19 heavy (non-hydrogen) atoms. The maximum atomic E-state index is 6.17. The van der Waals surface area contributed by atoms with Crippen molar-refractivity contribution in [2.24, 2.45) is 22.9 Å². The number of anilines is 2. The molecule has 0 bridgehead atoms. The van der Waals surface area contributed by atoms with Crippen LogP contribution in [0.4, 0.5) is 11.4 Å². The Bertz CT molecular complexity index is 433. The summed E-state index contributed by atoms with van der Waals surface area (Å²) in [5, 5.41) is 0. The zero-order valence-corrected chi connectivity index (χ0v) is 11.3. The molecule has 0 amide bonds. The molecule has 4 atom stereocenters. The highest BCUT2D eigenvalue weighted by atomic mass is 15.3. The summed E-state index contributed by atoms with van der Waals surface area (Å²) in [5.74, 6) is 0. The number of hydrogen-bond donors (Lipinski definition) is 5. The Balaban J connectivity index is 2.41. The molecule has 6 heteroatoms. The molecule has 1 heterocycles. The number of nitrogens with two attached hydrogens (primary N) is 5. The minimum absolute atomic E-state index is 0.00609. The molecule has 6 nitrogen and oxygen atoms in total. The van der Waals surface area contributed by atoms with Crippen LogP contribution in [0.1, 0.15) is 5.56 Å². The zero-order valence-electron chi connectivity index (χ0n) is 11.3. The van der Waals surface area contributed by atoms with Crippen molar-refractivity contribution in [3.63, 3.8) is 0 Å². The van der Waals surface area contributed by atoms with E-state index in [4.69, 9.17) is 28.7 Å². The summed E-state index contributed by atoms with van der Waals surface area (Å²) in [6, 6.07) is 5.57. The lowest BCUT2D eigenvalue weighted by Gasteiger charge is -2.32. The Hall–Kier alpha value is -1.34. The lowest BCUT2D eigenvalue weighted by atomic mass is 10.0. The first-order chi connectivity index (χ1) is 9.01. The number of nitrogen functional groups attached to an aromatic ring is 1. The maximum Gasteiger partial charge on any atom is 0.0583 e. The average molecular weight is 264 g/mol. The molecule has 0 aliphatic carbocycles. The molecule has 106 valence electrons. The van der Waals surface area contributed by atoms with Crippen molar-refractivity contribution in [1.29, 1.82) is 0 Å². The SMILES string of the molecule is Cc1cc(N2C(CN)C(N)C(N)C2CN)ccc1N. The second-order valence-corrected chi connectivity index (χ2v) is 5.21. The van der Waals surface area contributed by atoms with E-state index in [1.807, 2.05) is 25.1 Å². The lowest BCUT2D eigenvalue weighted by molar-refractivity contribution is 0.529. The minimum atomic E-state index is -0.170. The fourth-order valence-electron chi connectivity index (χ4n) is 2.87. The third-order valence-corrected chi connectivity index (χ3v) is 4.08. The summed E-state index contributed by atoms with van der Waals surface area (Å²) in [5.41, 5.74) is 32.7. The lowest BCUT2D eigenvalue weighted by Crippen LogP contribution is -2.49. The van der Waals surface area contributed by atoms with Crippen molar-refractivity contribution in [1.82, 2.24) is 0 Å². The first-order valence-electron chi connectivity index (χ1n) is 6.57. The highest BCUT2D eigenvalue weighted by molar-refractivity contribution is 5.60. The van der Waals surface area contributed by atoms with Gasteiger partial charge in [0.1, 0.15) is 0 Å². The van der Waals surface area contributed by atoms with E-state index < -0.39 is 0 Å². The number of benzene rings is 1. The summed E-state index contributed by atoms with van der Waals surface area (Å²) in [6.07, 6.45) is 0. The van der Waals surface area contributed by atoms with E-state index in [0.717, 1.165) is 16.9 Å². The number of aryl methyl sites for hydroxylation is 1. The van der Waals surface area contributed by atoms with E-state index in [2.05, 4.69) is 4.90 Å². The van der Waals surface area contributed by atoms with Crippen LogP contribution >= 0.6 is 0 Å². The van der Waals surface area contributed by atoms with Crippen molar-refractivity contribution < 1.29 is 0 Å². The van der Waals surface area contributed by atoms with Crippen molar-refractivity contribution in [3.05, 3.63) is 23.8 Å². The Labute approximate surface area is 113 Å². The molecule has 0 saturated carbocycles. The third-order valence-electron chi connectivity index (χ3n) is 4.08. The number of rotatable bonds is 3.